The number of anilines is 2. The van der Waals surface area contributed by atoms with Crippen LogP contribution >= 0.6 is 0 Å². The normalized spacial score (nSPS) is 9.65. The molecule has 0 saturated carbocycles. The Bertz CT molecular complexity index is 795. The minimum absolute atomic E-state index is 0.736. The van der Waals surface area contributed by atoms with E-state index in [9.17, 15) is 0 Å². The number of fused-ring (bicyclic) bond motifs is 1. The Kier molecular flexibility index (Phi) is 9.27. The van der Waals surface area contributed by atoms with Gasteiger partial charge in [-0.05, 0) is 37.5 Å². The van der Waals surface area contributed by atoms with Crippen molar-refractivity contribution in [2.24, 2.45) is 0 Å². The average Bonchev–Trinajstić information content (AvgIpc) is 2.72. The Morgan fingerprint density at radius 3 is 2.23 bits per heavy atom. The average molecular weight is 353 g/mol. The Balaban J connectivity index is 0.000000791. The fraction of sp³-hybridized carbons (Fsp3) is 0.409. The summed E-state index contributed by atoms with van der Waals surface area (Å²) in [5, 5.41) is 4.54. The molecular weight excluding hydrogens is 320 g/mol. The zero-order valence-electron chi connectivity index (χ0n) is 17.2. The predicted molar refractivity (Wildman–Crippen MR) is 113 cm³/mol. The van der Waals surface area contributed by atoms with Gasteiger partial charge in [0.15, 0.2) is 0 Å². The maximum absolute atomic E-state index is 4.81. The third-order valence-corrected chi connectivity index (χ3v) is 3.77. The largest absolute Gasteiger partial charge is 0.337 e. The maximum atomic E-state index is 4.81. The van der Waals surface area contributed by atoms with Gasteiger partial charge in [-0.3, -0.25) is 9.97 Å². The lowest BCUT2D eigenvalue weighted by atomic mass is 10.0. The van der Waals surface area contributed by atoms with Crippen molar-refractivity contribution >= 4 is 22.4 Å². The maximum Gasteiger partial charge on any atom is 0.148 e. The number of nitrogens with one attached hydrogen (secondary N) is 1. The molecule has 0 atom stereocenters. The van der Waals surface area contributed by atoms with Crippen LogP contribution in [0.3, 0.4) is 0 Å². The van der Waals surface area contributed by atoms with Crippen molar-refractivity contribution in [3.05, 3.63) is 53.6 Å². The van der Waals surface area contributed by atoms with E-state index in [0.717, 1.165) is 41.3 Å². The molecule has 2 aromatic heterocycles. The fourth-order valence-corrected chi connectivity index (χ4v) is 2.55. The SMILES string of the molecule is CC.CC.CCc1cc(CC)c2cccc(Nc3cnc(C)cn3)c2n1. The minimum atomic E-state index is 0.736. The summed E-state index contributed by atoms with van der Waals surface area (Å²) >= 11 is 0. The van der Waals surface area contributed by atoms with Crippen LogP contribution in [-0.4, -0.2) is 15.0 Å². The first-order valence-electron chi connectivity index (χ1n) is 9.68. The van der Waals surface area contributed by atoms with Crippen molar-refractivity contribution in [2.75, 3.05) is 5.32 Å². The van der Waals surface area contributed by atoms with Crippen LogP contribution < -0.4 is 5.32 Å². The number of benzene rings is 1. The molecule has 0 aliphatic carbocycles. The van der Waals surface area contributed by atoms with E-state index in [1.54, 1.807) is 12.4 Å². The molecule has 0 unspecified atom stereocenters. The Morgan fingerprint density at radius 2 is 1.65 bits per heavy atom. The molecule has 0 spiro atoms. The van der Waals surface area contributed by atoms with Crippen molar-refractivity contribution < 1.29 is 0 Å². The van der Waals surface area contributed by atoms with Crippen molar-refractivity contribution in [2.45, 2.75) is 61.3 Å². The number of aromatic nitrogens is 3. The number of hydrogen-bond donors (Lipinski definition) is 1. The molecule has 4 heteroatoms. The Labute approximate surface area is 158 Å². The molecule has 0 bridgehead atoms. The Morgan fingerprint density at radius 1 is 0.923 bits per heavy atom. The number of para-hydroxylation sites is 1. The summed E-state index contributed by atoms with van der Waals surface area (Å²) < 4.78 is 0. The third kappa shape index (κ3) is 5.25. The van der Waals surface area contributed by atoms with Crippen molar-refractivity contribution in [1.29, 1.82) is 0 Å². The van der Waals surface area contributed by atoms with Gasteiger partial charge < -0.3 is 5.32 Å². The highest BCUT2D eigenvalue weighted by Crippen LogP contribution is 2.27. The minimum Gasteiger partial charge on any atom is -0.337 e. The lowest BCUT2D eigenvalue weighted by molar-refractivity contribution is 1.03. The number of rotatable bonds is 4. The third-order valence-electron chi connectivity index (χ3n) is 3.77. The van der Waals surface area contributed by atoms with Crippen LogP contribution in [-0.2, 0) is 12.8 Å². The molecule has 1 aromatic carbocycles. The number of aryl methyl sites for hydroxylation is 3. The van der Waals surface area contributed by atoms with Crippen LogP contribution in [0.2, 0.25) is 0 Å². The van der Waals surface area contributed by atoms with E-state index < -0.39 is 0 Å². The van der Waals surface area contributed by atoms with Crippen LogP contribution in [0.4, 0.5) is 11.5 Å². The van der Waals surface area contributed by atoms with Crippen molar-refractivity contribution in [3.8, 4) is 0 Å². The van der Waals surface area contributed by atoms with Gasteiger partial charge in [0.2, 0.25) is 0 Å². The zero-order valence-corrected chi connectivity index (χ0v) is 17.2. The lowest BCUT2D eigenvalue weighted by Gasteiger charge is -2.12. The van der Waals surface area contributed by atoms with Crippen LogP contribution in [0.15, 0.2) is 36.7 Å². The van der Waals surface area contributed by atoms with Crippen LogP contribution in [0.25, 0.3) is 10.9 Å². The van der Waals surface area contributed by atoms with E-state index >= 15 is 0 Å². The first kappa shape index (κ1) is 21.6. The summed E-state index contributed by atoms with van der Waals surface area (Å²) in [6, 6.07) is 8.43. The molecule has 3 rings (SSSR count). The second kappa shape index (κ2) is 11.2. The van der Waals surface area contributed by atoms with Gasteiger partial charge in [-0.1, -0.05) is 53.7 Å². The Hall–Kier alpha value is -2.49. The highest BCUT2D eigenvalue weighted by atomic mass is 15.0. The molecule has 140 valence electrons. The summed E-state index contributed by atoms with van der Waals surface area (Å²) in [6.45, 7) is 14.2. The molecule has 26 heavy (non-hydrogen) atoms. The smallest absolute Gasteiger partial charge is 0.148 e. The summed E-state index contributed by atoms with van der Waals surface area (Å²) in [5.74, 6) is 0.736. The predicted octanol–water partition coefficient (Wildman–Crippen LogP) is 6.25. The molecule has 0 aliphatic heterocycles. The van der Waals surface area contributed by atoms with Gasteiger partial charge in [-0.25, -0.2) is 4.98 Å². The molecule has 0 radical (unpaired) electrons. The van der Waals surface area contributed by atoms with Crippen LogP contribution in [0.1, 0.15) is 58.5 Å². The van der Waals surface area contributed by atoms with Gasteiger partial charge in [0.1, 0.15) is 5.82 Å². The fourth-order valence-electron chi connectivity index (χ4n) is 2.55. The van der Waals surface area contributed by atoms with Crippen LogP contribution in [0.5, 0.6) is 0 Å². The van der Waals surface area contributed by atoms with E-state index in [0.29, 0.717) is 0 Å². The highest BCUT2D eigenvalue weighted by molar-refractivity contribution is 5.94. The van der Waals surface area contributed by atoms with E-state index in [1.807, 2.05) is 40.7 Å². The van der Waals surface area contributed by atoms with E-state index in [2.05, 4.69) is 47.3 Å². The van der Waals surface area contributed by atoms with E-state index in [1.165, 1.54) is 10.9 Å². The molecule has 0 amide bonds. The highest BCUT2D eigenvalue weighted by Gasteiger charge is 2.08. The standard InChI is InChI=1S/C18H20N4.2C2H6/c1-4-13-9-14(5-2)21-18-15(13)7-6-8-16(18)22-17-11-19-12(3)10-20-17;2*1-2/h6-11H,4-5H2,1-3H3,(H,20,22);2*1-2H3. The first-order chi connectivity index (χ1) is 12.7. The molecule has 1 N–H and O–H groups in total. The first-order valence-corrected chi connectivity index (χ1v) is 9.68. The lowest BCUT2D eigenvalue weighted by Crippen LogP contribution is -2.00. The molecule has 2 heterocycles. The van der Waals surface area contributed by atoms with Crippen molar-refractivity contribution in [3.63, 3.8) is 0 Å². The van der Waals surface area contributed by atoms with E-state index in [-0.39, 0.29) is 0 Å². The van der Waals surface area contributed by atoms with Gasteiger partial charge in [-0.2, -0.15) is 0 Å². The zero-order chi connectivity index (χ0) is 19.5. The van der Waals surface area contributed by atoms with Gasteiger partial charge in [0, 0.05) is 11.1 Å². The molecular formula is C22H32N4. The van der Waals surface area contributed by atoms with Crippen molar-refractivity contribution in [1.82, 2.24) is 15.0 Å². The number of hydrogen-bond acceptors (Lipinski definition) is 4. The summed E-state index contributed by atoms with van der Waals surface area (Å²) in [7, 11) is 0. The van der Waals surface area contributed by atoms with Crippen LogP contribution in [0, 0.1) is 6.92 Å². The van der Waals surface area contributed by atoms with Gasteiger partial charge in [0.05, 0.1) is 29.3 Å². The monoisotopic (exact) mass is 352 g/mol. The molecule has 3 aromatic rings. The second-order valence-electron chi connectivity index (χ2n) is 5.35. The van der Waals surface area contributed by atoms with Gasteiger partial charge in [0.25, 0.3) is 0 Å². The summed E-state index contributed by atoms with van der Waals surface area (Å²) in [5.41, 5.74) is 5.33. The topological polar surface area (TPSA) is 50.7 Å². The molecule has 0 fully saturated rings. The second-order valence-corrected chi connectivity index (χ2v) is 5.35. The van der Waals surface area contributed by atoms with E-state index in [4.69, 9.17) is 4.98 Å². The number of pyridine rings is 1. The van der Waals surface area contributed by atoms with Gasteiger partial charge in [-0.15, -0.1) is 0 Å². The summed E-state index contributed by atoms with van der Waals surface area (Å²) in [6.07, 6.45) is 5.44. The molecule has 4 nitrogen and oxygen atoms in total. The quantitative estimate of drug-likeness (QED) is 0.602. The molecule has 0 saturated heterocycles. The molecule has 0 aliphatic rings. The number of nitrogens with zero attached hydrogens (tertiary/aromatic N) is 3. The summed E-state index contributed by atoms with van der Waals surface area (Å²) in [4.78, 5) is 13.4. The van der Waals surface area contributed by atoms with Gasteiger partial charge >= 0.3 is 0 Å².